The molecule has 0 spiro atoms. The van der Waals surface area contributed by atoms with Crippen molar-refractivity contribution in [3.05, 3.63) is 89.5 Å². The van der Waals surface area contributed by atoms with E-state index < -0.39 is 33.2 Å². The minimum absolute atomic E-state index is 0.0282. The van der Waals surface area contributed by atoms with Crippen LogP contribution in [0.3, 0.4) is 0 Å². The number of amides is 1. The fraction of sp³-hybridized carbons (Fsp3) is 0.231. The summed E-state index contributed by atoms with van der Waals surface area (Å²) >= 11 is 0. The van der Waals surface area contributed by atoms with Gasteiger partial charge in [-0.05, 0) is 49.2 Å². The Morgan fingerprint density at radius 3 is 2.29 bits per heavy atom. The zero-order chi connectivity index (χ0) is 24.7. The van der Waals surface area contributed by atoms with E-state index in [2.05, 4.69) is 5.32 Å². The average Bonchev–Trinajstić information content (AvgIpc) is 2.81. The van der Waals surface area contributed by atoms with Crippen molar-refractivity contribution in [3.8, 4) is 11.1 Å². The van der Waals surface area contributed by atoms with Crippen molar-refractivity contribution in [3.63, 3.8) is 0 Å². The van der Waals surface area contributed by atoms with Crippen LogP contribution in [0, 0.1) is 18.6 Å². The van der Waals surface area contributed by atoms with E-state index in [4.69, 9.17) is 0 Å². The van der Waals surface area contributed by atoms with Crippen LogP contribution in [-0.4, -0.2) is 32.4 Å². The molecular weight excluding hydrogens is 460 g/mol. The molecule has 3 aromatic rings. The first-order chi connectivity index (χ1) is 16.2. The summed E-state index contributed by atoms with van der Waals surface area (Å²) in [6, 6.07) is 16.3. The van der Waals surface area contributed by atoms with E-state index in [1.807, 2.05) is 6.92 Å². The topological polar surface area (TPSA) is 80.3 Å². The second-order valence-corrected chi connectivity index (χ2v) is 10.0. The fourth-order valence-corrected chi connectivity index (χ4v) is 4.63. The number of nitrogens with one attached hydrogen (secondary N) is 1. The van der Waals surface area contributed by atoms with Crippen LogP contribution in [0.5, 0.6) is 0 Å². The predicted molar refractivity (Wildman–Crippen MR) is 126 cm³/mol. The zero-order valence-electron chi connectivity index (χ0n) is 18.7. The van der Waals surface area contributed by atoms with E-state index in [9.17, 15) is 26.8 Å². The monoisotopic (exact) mass is 485 g/mol. The molecule has 8 heteroatoms. The van der Waals surface area contributed by atoms with Gasteiger partial charge in [0, 0.05) is 24.9 Å². The number of benzene rings is 3. The Kier molecular flexibility index (Phi) is 8.28. The van der Waals surface area contributed by atoms with Gasteiger partial charge in [-0.3, -0.25) is 9.59 Å². The van der Waals surface area contributed by atoms with E-state index in [-0.39, 0.29) is 47.6 Å². The molecule has 0 saturated carbocycles. The van der Waals surface area contributed by atoms with Crippen molar-refractivity contribution in [1.82, 2.24) is 5.32 Å². The van der Waals surface area contributed by atoms with Gasteiger partial charge in [-0.25, -0.2) is 17.2 Å². The van der Waals surface area contributed by atoms with Gasteiger partial charge >= 0.3 is 0 Å². The first kappa shape index (κ1) is 25.2. The maximum atomic E-state index is 14.2. The third-order valence-electron chi connectivity index (χ3n) is 5.33. The van der Waals surface area contributed by atoms with E-state index in [1.165, 1.54) is 30.3 Å². The molecular formula is C26H25F2NO4S. The number of hydrogen-bond acceptors (Lipinski definition) is 4. The van der Waals surface area contributed by atoms with Gasteiger partial charge < -0.3 is 5.32 Å². The van der Waals surface area contributed by atoms with E-state index in [0.29, 0.717) is 5.56 Å². The van der Waals surface area contributed by atoms with Crippen molar-refractivity contribution in [2.24, 2.45) is 0 Å². The Morgan fingerprint density at radius 1 is 0.882 bits per heavy atom. The summed E-state index contributed by atoms with van der Waals surface area (Å²) in [7, 11) is -3.57. The van der Waals surface area contributed by atoms with Crippen LogP contribution < -0.4 is 5.32 Å². The number of Topliss-reactive ketones (excluding diaryl/α,β-unsaturated/α-hetero) is 1. The van der Waals surface area contributed by atoms with Gasteiger partial charge in [0.1, 0.15) is 11.6 Å². The van der Waals surface area contributed by atoms with Gasteiger partial charge in [-0.2, -0.15) is 0 Å². The third kappa shape index (κ3) is 6.57. The largest absolute Gasteiger partial charge is 0.356 e. The summed E-state index contributed by atoms with van der Waals surface area (Å²) in [5.41, 5.74) is 1.46. The lowest BCUT2D eigenvalue weighted by molar-refractivity contribution is -0.120. The number of rotatable bonds is 10. The number of hydrogen-bond donors (Lipinski definition) is 1. The van der Waals surface area contributed by atoms with E-state index in [1.54, 1.807) is 30.3 Å². The molecule has 0 aromatic heterocycles. The minimum atomic E-state index is -3.57. The Balaban J connectivity index is 1.49. The summed E-state index contributed by atoms with van der Waals surface area (Å²) in [6.07, 6.45) is 0.0156. The molecule has 0 aliphatic rings. The molecule has 3 aromatic carbocycles. The number of sulfone groups is 1. The fourth-order valence-electron chi connectivity index (χ4n) is 3.39. The molecule has 0 saturated heterocycles. The summed E-state index contributed by atoms with van der Waals surface area (Å²) in [5, 5.41) is 2.58. The quantitative estimate of drug-likeness (QED) is 0.328. The predicted octanol–water partition coefficient (Wildman–Crippen LogP) is 4.88. The molecule has 0 aliphatic carbocycles. The Bertz CT molecular complexity index is 1290. The SMILES string of the molecule is Cc1ccc(S(=O)(=O)CCC(=O)NCCCC(=O)c2cc(-c3ccccc3F)ccc2F)cc1. The lowest BCUT2D eigenvalue weighted by atomic mass is 9.99. The number of aryl methyl sites for hydroxylation is 1. The zero-order valence-corrected chi connectivity index (χ0v) is 19.5. The standard InChI is InChI=1S/C26H25F2NO4S/c1-18-8-11-20(12-9-18)34(32,33)16-14-26(31)29-15-4-7-25(30)22-17-19(10-13-24(22)28)21-5-2-3-6-23(21)27/h2-3,5-6,8-13,17H,4,7,14-16H2,1H3,(H,29,31). The summed E-state index contributed by atoms with van der Waals surface area (Å²) < 4.78 is 52.9. The molecule has 0 fully saturated rings. The van der Waals surface area contributed by atoms with Gasteiger partial charge in [0.2, 0.25) is 5.91 Å². The van der Waals surface area contributed by atoms with E-state index in [0.717, 1.165) is 11.6 Å². The number of carbonyl (C=O) groups is 2. The molecule has 1 amide bonds. The van der Waals surface area contributed by atoms with Crippen molar-refractivity contribution in [2.75, 3.05) is 12.3 Å². The maximum Gasteiger partial charge on any atom is 0.221 e. The second-order valence-electron chi connectivity index (χ2n) is 7.93. The molecule has 0 bridgehead atoms. The van der Waals surface area contributed by atoms with Crippen molar-refractivity contribution in [1.29, 1.82) is 0 Å². The highest BCUT2D eigenvalue weighted by Crippen LogP contribution is 2.25. The highest BCUT2D eigenvalue weighted by Gasteiger charge is 2.17. The maximum absolute atomic E-state index is 14.2. The summed E-state index contributed by atoms with van der Waals surface area (Å²) in [6.45, 7) is 1.99. The van der Waals surface area contributed by atoms with Gasteiger partial charge in [-0.1, -0.05) is 42.0 Å². The third-order valence-corrected chi connectivity index (χ3v) is 7.06. The lowest BCUT2D eigenvalue weighted by Gasteiger charge is -2.09. The van der Waals surface area contributed by atoms with Crippen LogP contribution in [-0.2, 0) is 14.6 Å². The second kappa shape index (κ2) is 11.2. The molecule has 0 radical (unpaired) electrons. The molecule has 0 aliphatic heterocycles. The van der Waals surface area contributed by atoms with Crippen LogP contribution in [0.25, 0.3) is 11.1 Å². The molecule has 1 N–H and O–H groups in total. The van der Waals surface area contributed by atoms with Crippen LogP contribution in [0.1, 0.15) is 35.2 Å². The normalized spacial score (nSPS) is 11.3. The number of carbonyl (C=O) groups excluding carboxylic acids is 2. The first-order valence-electron chi connectivity index (χ1n) is 10.8. The Labute approximate surface area is 197 Å². The number of ketones is 1. The molecule has 0 atom stereocenters. The average molecular weight is 486 g/mol. The van der Waals surface area contributed by atoms with Crippen LogP contribution in [0.15, 0.2) is 71.6 Å². The first-order valence-corrected chi connectivity index (χ1v) is 12.5. The van der Waals surface area contributed by atoms with Gasteiger partial charge in [0.15, 0.2) is 15.6 Å². The van der Waals surface area contributed by atoms with Crippen LogP contribution in [0.4, 0.5) is 8.78 Å². The molecule has 178 valence electrons. The molecule has 0 unspecified atom stereocenters. The van der Waals surface area contributed by atoms with Gasteiger partial charge in [-0.15, -0.1) is 0 Å². The molecule has 5 nitrogen and oxygen atoms in total. The molecule has 3 rings (SSSR count). The minimum Gasteiger partial charge on any atom is -0.356 e. The van der Waals surface area contributed by atoms with Crippen molar-refractivity contribution < 1.29 is 26.8 Å². The van der Waals surface area contributed by atoms with Crippen molar-refractivity contribution >= 4 is 21.5 Å². The van der Waals surface area contributed by atoms with E-state index >= 15 is 0 Å². The smallest absolute Gasteiger partial charge is 0.221 e. The lowest BCUT2D eigenvalue weighted by Crippen LogP contribution is -2.27. The van der Waals surface area contributed by atoms with Crippen LogP contribution >= 0.6 is 0 Å². The van der Waals surface area contributed by atoms with Crippen molar-refractivity contribution in [2.45, 2.75) is 31.1 Å². The summed E-state index contributed by atoms with van der Waals surface area (Å²) in [4.78, 5) is 24.7. The molecule has 0 heterocycles. The van der Waals surface area contributed by atoms with Crippen LogP contribution in [0.2, 0.25) is 0 Å². The Morgan fingerprint density at radius 2 is 1.59 bits per heavy atom. The Hall–Kier alpha value is -3.39. The highest BCUT2D eigenvalue weighted by atomic mass is 32.2. The summed E-state index contributed by atoms with van der Waals surface area (Å²) in [5.74, 6) is -2.41. The van der Waals surface area contributed by atoms with Gasteiger partial charge in [0.25, 0.3) is 0 Å². The highest BCUT2D eigenvalue weighted by molar-refractivity contribution is 7.91. The van der Waals surface area contributed by atoms with Gasteiger partial charge in [0.05, 0.1) is 16.2 Å². The molecule has 34 heavy (non-hydrogen) atoms. The number of halogens is 2.